The Balaban J connectivity index is 0.00000225. The molecule has 1 aliphatic rings. The maximum atomic E-state index is 12.6. The van der Waals surface area contributed by atoms with E-state index in [1.165, 1.54) is 10.6 Å². The van der Waals surface area contributed by atoms with Gasteiger partial charge in [-0.15, -0.1) is 12.4 Å². The summed E-state index contributed by atoms with van der Waals surface area (Å²) in [5.74, 6) is -0.298. The molecule has 0 unspecified atom stereocenters. The first-order chi connectivity index (χ1) is 11.6. The lowest BCUT2D eigenvalue weighted by atomic mass is 9.79. The molecule has 1 aromatic carbocycles. The van der Waals surface area contributed by atoms with Crippen LogP contribution in [0.3, 0.4) is 0 Å². The second kappa shape index (κ2) is 8.29. The summed E-state index contributed by atoms with van der Waals surface area (Å²) in [4.78, 5) is 24.3. The molecular formula is C18H22ClN3O3. The number of piperidine rings is 1. The molecule has 1 amide bonds. The third-order valence-electron chi connectivity index (χ3n) is 4.47. The predicted octanol–water partition coefficient (Wildman–Crippen LogP) is 0.636. The normalized spacial score (nSPS) is 22.7. The standard InChI is InChI=1S/C18H21N3O3.ClH/c22-15-12-19-10-9-18(15,14-6-2-1-3-7-14)20-16(23)13-21-11-5-4-8-17(21)24;/h1-8,11,15,19,22H,9-10,12-13H2,(H,20,23);1H/t15-,18-;/m1./s1. The Morgan fingerprint density at radius 2 is 1.96 bits per heavy atom. The number of carbonyl (C=O) groups is 1. The topological polar surface area (TPSA) is 83.4 Å². The SMILES string of the molecule is Cl.O=C(Cn1ccccc1=O)N[C@@]1(c2ccccc2)CCNC[C@H]1O. The van der Waals surface area contributed by atoms with Gasteiger partial charge in [0.2, 0.25) is 5.91 Å². The Morgan fingerprint density at radius 1 is 1.24 bits per heavy atom. The predicted molar refractivity (Wildman–Crippen MR) is 97.7 cm³/mol. The molecular weight excluding hydrogens is 342 g/mol. The number of carbonyl (C=O) groups excluding carboxylic acids is 1. The van der Waals surface area contributed by atoms with E-state index in [-0.39, 0.29) is 30.4 Å². The number of β-amino-alcohol motifs (C(OH)–C–C–N with tert-alkyl or cyclic N) is 1. The smallest absolute Gasteiger partial charge is 0.250 e. The number of benzene rings is 1. The highest BCUT2D eigenvalue weighted by atomic mass is 35.5. The van der Waals surface area contributed by atoms with Crippen molar-refractivity contribution in [2.75, 3.05) is 13.1 Å². The zero-order valence-corrected chi connectivity index (χ0v) is 14.5. The van der Waals surface area contributed by atoms with Gasteiger partial charge in [-0.25, -0.2) is 0 Å². The lowest BCUT2D eigenvalue weighted by Gasteiger charge is -2.43. The Hall–Kier alpha value is -2.15. The Labute approximate surface area is 152 Å². The molecule has 3 rings (SSSR count). The number of rotatable bonds is 4. The highest BCUT2D eigenvalue weighted by Crippen LogP contribution is 2.31. The number of aromatic nitrogens is 1. The maximum Gasteiger partial charge on any atom is 0.250 e. The van der Waals surface area contributed by atoms with Crippen LogP contribution in [0.25, 0.3) is 0 Å². The van der Waals surface area contributed by atoms with Crippen LogP contribution < -0.4 is 16.2 Å². The van der Waals surface area contributed by atoms with Gasteiger partial charge in [0.1, 0.15) is 6.54 Å². The number of pyridine rings is 1. The summed E-state index contributed by atoms with van der Waals surface area (Å²) in [5, 5.41) is 16.7. The molecule has 134 valence electrons. The van der Waals surface area contributed by atoms with Crippen LogP contribution in [0.4, 0.5) is 0 Å². The highest BCUT2D eigenvalue weighted by Gasteiger charge is 2.42. The quantitative estimate of drug-likeness (QED) is 0.744. The number of nitrogens with zero attached hydrogens (tertiary/aromatic N) is 1. The van der Waals surface area contributed by atoms with E-state index in [2.05, 4.69) is 10.6 Å². The summed E-state index contributed by atoms with van der Waals surface area (Å²) < 4.78 is 1.35. The number of nitrogens with one attached hydrogen (secondary N) is 2. The summed E-state index contributed by atoms with van der Waals surface area (Å²) in [7, 11) is 0. The fourth-order valence-corrected chi connectivity index (χ4v) is 3.19. The fraction of sp³-hybridized carbons (Fsp3) is 0.333. The van der Waals surface area contributed by atoms with E-state index in [9.17, 15) is 14.7 Å². The van der Waals surface area contributed by atoms with Gasteiger partial charge in [0.05, 0.1) is 11.6 Å². The second-order valence-electron chi connectivity index (χ2n) is 6.02. The van der Waals surface area contributed by atoms with E-state index in [0.29, 0.717) is 19.5 Å². The number of aliphatic hydroxyl groups excluding tert-OH is 1. The van der Waals surface area contributed by atoms with Gasteiger partial charge < -0.3 is 20.3 Å². The van der Waals surface area contributed by atoms with Crippen molar-refractivity contribution in [2.24, 2.45) is 0 Å². The molecule has 0 aliphatic carbocycles. The van der Waals surface area contributed by atoms with Crippen LogP contribution in [0, 0.1) is 0 Å². The van der Waals surface area contributed by atoms with Gasteiger partial charge in [-0.2, -0.15) is 0 Å². The average Bonchev–Trinajstić information content (AvgIpc) is 2.60. The molecule has 1 aromatic heterocycles. The van der Waals surface area contributed by atoms with Crippen molar-refractivity contribution in [3.8, 4) is 0 Å². The molecule has 0 spiro atoms. The Morgan fingerprint density at radius 3 is 2.64 bits per heavy atom. The van der Waals surface area contributed by atoms with Crippen LogP contribution in [0.5, 0.6) is 0 Å². The van der Waals surface area contributed by atoms with Gasteiger partial charge >= 0.3 is 0 Å². The number of amides is 1. The molecule has 1 saturated heterocycles. The lowest BCUT2D eigenvalue weighted by Crippen LogP contribution is -2.61. The minimum absolute atomic E-state index is 0. The molecule has 3 N–H and O–H groups in total. The molecule has 25 heavy (non-hydrogen) atoms. The molecule has 0 radical (unpaired) electrons. The van der Waals surface area contributed by atoms with Gasteiger partial charge in [0.25, 0.3) is 5.56 Å². The first-order valence-electron chi connectivity index (χ1n) is 8.02. The molecule has 0 bridgehead atoms. The van der Waals surface area contributed by atoms with E-state index < -0.39 is 11.6 Å². The first kappa shape index (κ1) is 19.2. The molecule has 2 atom stereocenters. The van der Waals surface area contributed by atoms with E-state index in [4.69, 9.17) is 0 Å². The van der Waals surface area contributed by atoms with E-state index in [1.807, 2.05) is 30.3 Å². The Kier molecular flexibility index (Phi) is 6.36. The van der Waals surface area contributed by atoms with Crippen molar-refractivity contribution in [3.63, 3.8) is 0 Å². The van der Waals surface area contributed by atoms with Crippen molar-refractivity contribution in [3.05, 3.63) is 70.6 Å². The average molecular weight is 364 g/mol. The third kappa shape index (κ3) is 4.10. The zero-order valence-electron chi connectivity index (χ0n) is 13.7. The van der Waals surface area contributed by atoms with Gasteiger partial charge in [-0.05, 0) is 24.6 Å². The molecule has 6 nitrogen and oxygen atoms in total. The second-order valence-corrected chi connectivity index (χ2v) is 6.02. The van der Waals surface area contributed by atoms with Crippen molar-refractivity contribution in [1.82, 2.24) is 15.2 Å². The molecule has 1 fully saturated rings. The van der Waals surface area contributed by atoms with Crippen LogP contribution >= 0.6 is 12.4 Å². The molecule has 7 heteroatoms. The van der Waals surface area contributed by atoms with Crippen molar-refractivity contribution in [2.45, 2.75) is 24.6 Å². The van der Waals surface area contributed by atoms with Gasteiger partial charge in [-0.3, -0.25) is 9.59 Å². The van der Waals surface area contributed by atoms with Crippen LogP contribution in [0.2, 0.25) is 0 Å². The van der Waals surface area contributed by atoms with Crippen LogP contribution in [0.1, 0.15) is 12.0 Å². The minimum Gasteiger partial charge on any atom is -0.389 e. The molecule has 1 aliphatic heterocycles. The van der Waals surface area contributed by atoms with Crippen molar-refractivity contribution < 1.29 is 9.90 Å². The summed E-state index contributed by atoms with van der Waals surface area (Å²) in [5.41, 5.74) is -0.206. The van der Waals surface area contributed by atoms with Crippen LogP contribution in [-0.2, 0) is 16.9 Å². The number of hydrogen-bond acceptors (Lipinski definition) is 4. The van der Waals surface area contributed by atoms with E-state index in [0.717, 1.165) is 5.56 Å². The van der Waals surface area contributed by atoms with E-state index >= 15 is 0 Å². The highest BCUT2D eigenvalue weighted by molar-refractivity contribution is 5.85. The van der Waals surface area contributed by atoms with Crippen LogP contribution in [0.15, 0.2) is 59.5 Å². The number of aliphatic hydroxyl groups is 1. The van der Waals surface area contributed by atoms with Gasteiger partial charge in [0, 0.05) is 18.8 Å². The van der Waals surface area contributed by atoms with Gasteiger partial charge in [-0.1, -0.05) is 36.4 Å². The summed E-state index contributed by atoms with van der Waals surface area (Å²) >= 11 is 0. The molecule has 2 heterocycles. The van der Waals surface area contributed by atoms with E-state index in [1.54, 1.807) is 18.3 Å². The third-order valence-corrected chi connectivity index (χ3v) is 4.47. The Bertz CT molecular complexity index is 765. The number of halogens is 1. The van der Waals surface area contributed by atoms with Gasteiger partial charge in [0.15, 0.2) is 0 Å². The van der Waals surface area contributed by atoms with Crippen molar-refractivity contribution >= 4 is 18.3 Å². The summed E-state index contributed by atoms with van der Waals surface area (Å²) in [6.45, 7) is 1.02. The first-order valence-corrected chi connectivity index (χ1v) is 8.02. The lowest BCUT2D eigenvalue weighted by molar-refractivity contribution is -0.126. The molecule has 0 saturated carbocycles. The monoisotopic (exact) mass is 363 g/mol. The maximum absolute atomic E-state index is 12.6. The summed E-state index contributed by atoms with van der Waals surface area (Å²) in [6.07, 6.45) is 1.41. The fourth-order valence-electron chi connectivity index (χ4n) is 3.19. The molecule has 2 aromatic rings. The van der Waals surface area contributed by atoms with Crippen LogP contribution in [-0.4, -0.2) is 34.8 Å². The minimum atomic E-state index is -0.845. The largest absolute Gasteiger partial charge is 0.389 e. The summed E-state index contributed by atoms with van der Waals surface area (Å²) in [6, 6.07) is 14.3. The number of hydrogen-bond donors (Lipinski definition) is 3. The van der Waals surface area contributed by atoms with Crippen molar-refractivity contribution in [1.29, 1.82) is 0 Å². The zero-order chi connectivity index (χ0) is 17.0.